The molecule has 2 aromatic rings. The van der Waals surface area contributed by atoms with Crippen LogP contribution in [0.4, 0.5) is 0 Å². The minimum atomic E-state index is -0.570. The van der Waals surface area contributed by atoms with Gasteiger partial charge in [-0.25, -0.2) is 0 Å². The molecule has 0 bridgehead atoms. The molecule has 0 unspecified atom stereocenters. The van der Waals surface area contributed by atoms with Crippen LogP contribution in [0.1, 0.15) is 31.6 Å². The molecule has 17 heavy (non-hydrogen) atoms. The first-order valence-corrected chi connectivity index (χ1v) is 6.18. The lowest BCUT2D eigenvalue weighted by molar-refractivity contribution is 0.150. The molecule has 0 fully saturated rings. The van der Waals surface area contributed by atoms with E-state index < -0.39 is 6.10 Å². The van der Waals surface area contributed by atoms with E-state index in [0.717, 1.165) is 30.4 Å². The van der Waals surface area contributed by atoms with Crippen molar-refractivity contribution in [3.05, 3.63) is 36.1 Å². The van der Waals surface area contributed by atoms with Crippen LogP contribution in [-0.2, 0) is 0 Å². The Kier molecular flexibility index (Phi) is 4.18. The van der Waals surface area contributed by atoms with Gasteiger partial charge in [-0.05, 0) is 25.1 Å². The lowest BCUT2D eigenvalue weighted by Gasteiger charge is -2.08. The molecule has 0 spiro atoms. The smallest absolute Gasteiger partial charge is 0.135 e. The Balaban J connectivity index is 1.96. The van der Waals surface area contributed by atoms with Crippen molar-refractivity contribution < 1.29 is 9.52 Å². The zero-order valence-electron chi connectivity index (χ0n) is 10.1. The number of aliphatic hydroxyl groups excluding tert-OH is 1. The highest BCUT2D eigenvalue weighted by Gasteiger charge is 2.12. The fourth-order valence-corrected chi connectivity index (χ4v) is 1.81. The first-order chi connectivity index (χ1) is 8.31. The summed E-state index contributed by atoms with van der Waals surface area (Å²) in [5.41, 5.74) is 0.829. The molecule has 0 saturated carbocycles. The molecule has 1 heterocycles. The van der Waals surface area contributed by atoms with Crippen molar-refractivity contribution in [2.24, 2.45) is 0 Å². The fourth-order valence-electron chi connectivity index (χ4n) is 1.81. The SMILES string of the molecule is CCCCNC[C@H](O)c1cc2ccccc2o1. The lowest BCUT2D eigenvalue weighted by Crippen LogP contribution is -2.22. The first-order valence-electron chi connectivity index (χ1n) is 6.18. The van der Waals surface area contributed by atoms with Crippen molar-refractivity contribution >= 4 is 11.0 Å². The van der Waals surface area contributed by atoms with E-state index in [2.05, 4.69) is 12.2 Å². The van der Waals surface area contributed by atoms with Crippen molar-refractivity contribution in [2.45, 2.75) is 25.9 Å². The van der Waals surface area contributed by atoms with Gasteiger partial charge >= 0.3 is 0 Å². The highest BCUT2D eigenvalue weighted by molar-refractivity contribution is 5.77. The van der Waals surface area contributed by atoms with Crippen LogP contribution in [0, 0.1) is 0 Å². The van der Waals surface area contributed by atoms with E-state index >= 15 is 0 Å². The van der Waals surface area contributed by atoms with Crippen molar-refractivity contribution in [3.8, 4) is 0 Å². The summed E-state index contributed by atoms with van der Waals surface area (Å²) in [7, 11) is 0. The van der Waals surface area contributed by atoms with Crippen molar-refractivity contribution in [3.63, 3.8) is 0 Å². The van der Waals surface area contributed by atoms with Gasteiger partial charge < -0.3 is 14.8 Å². The summed E-state index contributed by atoms with van der Waals surface area (Å²) in [5.74, 6) is 0.634. The van der Waals surface area contributed by atoms with Gasteiger partial charge in [0, 0.05) is 11.9 Å². The lowest BCUT2D eigenvalue weighted by atomic mass is 10.2. The summed E-state index contributed by atoms with van der Waals surface area (Å²) < 4.78 is 5.60. The van der Waals surface area contributed by atoms with Crippen LogP contribution >= 0.6 is 0 Å². The second kappa shape index (κ2) is 5.84. The molecule has 2 N–H and O–H groups in total. The molecule has 1 aromatic carbocycles. The van der Waals surface area contributed by atoms with Gasteiger partial charge in [-0.1, -0.05) is 31.5 Å². The van der Waals surface area contributed by atoms with Gasteiger partial charge in [0.15, 0.2) is 0 Å². The molecule has 92 valence electrons. The Bertz CT molecular complexity index is 431. The molecular formula is C14H19NO2. The number of furan rings is 1. The van der Waals surface area contributed by atoms with E-state index in [0.29, 0.717) is 12.3 Å². The minimum Gasteiger partial charge on any atom is -0.458 e. The molecule has 0 saturated heterocycles. The van der Waals surface area contributed by atoms with Crippen LogP contribution in [-0.4, -0.2) is 18.2 Å². The van der Waals surface area contributed by atoms with Crippen molar-refractivity contribution in [1.82, 2.24) is 5.32 Å². The Hall–Kier alpha value is -1.32. The third-order valence-electron chi connectivity index (χ3n) is 2.82. The third kappa shape index (κ3) is 3.08. The molecule has 0 amide bonds. The fraction of sp³-hybridized carbons (Fsp3) is 0.429. The van der Waals surface area contributed by atoms with Gasteiger partial charge in [0.05, 0.1) is 0 Å². The summed E-state index contributed by atoms with van der Waals surface area (Å²) in [4.78, 5) is 0. The normalized spacial score (nSPS) is 13.1. The van der Waals surface area contributed by atoms with E-state index in [4.69, 9.17) is 4.42 Å². The molecular weight excluding hydrogens is 214 g/mol. The molecule has 1 aromatic heterocycles. The topological polar surface area (TPSA) is 45.4 Å². The monoisotopic (exact) mass is 233 g/mol. The van der Waals surface area contributed by atoms with Gasteiger partial charge in [0.25, 0.3) is 0 Å². The van der Waals surface area contributed by atoms with Crippen LogP contribution in [0.25, 0.3) is 11.0 Å². The Morgan fingerprint density at radius 2 is 2.18 bits per heavy atom. The number of benzene rings is 1. The number of aliphatic hydroxyl groups is 1. The van der Waals surface area contributed by atoms with Gasteiger partial charge in [-0.2, -0.15) is 0 Å². The summed E-state index contributed by atoms with van der Waals surface area (Å²) >= 11 is 0. The second-order valence-corrected chi connectivity index (χ2v) is 4.26. The molecule has 2 rings (SSSR count). The number of hydrogen-bond donors (Lipinski definition) is 2. The minimum absolute atomic E-state index is 0.541. The Morgan fingerprint density at radius 1 is 1.35 bits per heavy atom. The van der Waals surface area contributed by atoms with E-state index in [1.165, 1.54) is 0 Å². The molecule has 1 atom stereocenters. The second-order valence-electron chi connectivity index (χ2n) is 4.26. The zero-order valence-corrected chi connectivity index (χ0v) is 10.1. The van der Waals surface area contributed by atoms with E-state index in [9.17, 15) is 5.11 Å². The van der Waals surface area contributed by atoms with Gasteiger partial charge in [0.1, 0.15) is 17.4 Å². The Morgan fingerprint density at radius 3 is 2.94 bits per heavy atom. The largest absolute Gasteiger partial charge is 0.458 e. The summed E-state index contributed by atoms with van der Waals surface area (Å²) in [6.45, 7) is 3.63. The van der Waals surface area contributed by atoms with E-state index in [-0.39, 0.29) is 0 Å². The zero-order chi connectivity index (χ0) is 12.1. The number of rotatable bonds is 6. The predicted molar refractivity (Wildman–Crippen MR) is 69.0 cm³/mol. The average molecular weight is 233 g/mol. The summed E-state index contributed by atoms with van der Waals surface area (Å²) in [6.07, 6.45) is 1.72. The third-order valence-corrected chi connectivity index (χ3v) is 2.82. The van der Waals surface area contributed by atoms with Crippen LogP contribution < -0.4 is 5.32 Å². The molecule has 0 aliphatic heterocycles. The maximum absolute atomic E-state index is 9.96. The summed E-state index contributed by atoms with van der Waals surface area (Å²) in [5, 5.41) is 14.2. The van der Waals surface area contributed by atoms with Crippen LogP contribution in [0.15, 0.2) is 34.7 Å². The number of fused-ring (bicyclic) bond motifs is 1. The number of nitrogens with one attached hydrogen (secondary N) is 1. The van der Waals surface area contributed by atoms with E-state index in [1.54, 1.807) is 0 Å². The first kappa shape index (κ1) is 12.1. The number of unbranched alkanes of at least 4 members (excludes halogenated alkanes) is 1. The number of hydrogen-bond acceptors (Lipinski definition) is 3. The molecule has 0 aliphatic rings. The van der Waals surface area contributed by atoms with Crippen LogP contribution in [0.3, 0.4) is 0 Å². The molecule has 0 radical (unpaired) electrons. The molecule has 3 nitrogen and oxygen atoms in total. The average Bonchev–Trinajstić information content (AvgIpc) is 2.78. The number of para-hydroxylation sites is 1. The van der Waals surface area contributed by atoms with Gasteiger partial charge in [0.2, 0.25) is 0 Å². The Labute approximate surface area is 101 Å². The summed E-state index contributed by atoms with van der Waals surface area (Å²) in [6, 6.07) is 9.70. The highest BCUT2D eigenvalue weighted by atomic mass is 16.4. The van der Waals surface area contributed by atoms with Crippen molar-refractivity contribution in [1.29, 1.82) is 0 Å². The maximum atomic E-state index is 9.96. The van der Waals surface area contributed by atoms with Crippen LogP contribution in [0.5, 0.6) is 0 Å². The van der Waals surface area contributed by atoms with Crippen molar-refractivity contribution in [2.75, 3.05) is 13.1 Å². The predicted octanol–water partition coefficient (Wildman–Crippen LogP) is 2.86. The quantitative estimate of drug-likeness (QED) is 0.754. The van der Waals surface area contributed by atoms with Gasteiger partial charge in [-0.3, -0.25) is 0 Å². The standard InChI is InChI=1S/C14H19NO2/c1-2-3-8-15-10-12(16)14-9-11-6-4-5-7-13(11)17-14/h4-7,9,12,15-16H,2-3,8,10H2,1H3/t12-/m0/s1. The van der Waals surface area contributed by atoms with E-state index in [1.807, 2.05) is 30.3 Å². The molecule has 3 heteroatoms. The maximum Gasteiger partial charge on any atom is 0.135 e. The van der Waals surface area contributed by atoms with Crippen LogP contribution in [0.2, 0.25) is 0 Å². The van der Waals surface area contributed by atoms with Gasteiger partial charge in [-0.15, -0.1) is 0 Å². The highest BCUT2D eigenvalue weighted by Crippen LogP contribution is 2.23. The molecule has 0 aliphatic carbocycles.